The Hall–Kier alpha value is -0.420. The molecular formula is C11H22F3N3O3S. The van der Waals surface area contributed by atoms with Gasteiger partial charge in [-0.15, -0.1) is 0 Å². The molecule has 1 aliphatic rings. The van der Waals surface area contributed by atoms with Crippen molar-refractivity contribution < 1.29 is 26.3 Å². The number of nitrogens with zero attached hydrogens (tertiary/aromatic N) is 1. The molecule has 10 heteroatoms. The third-order valence-electron chi connectivity index (χ3n) is 3.32. The van der Waals surface area contributed by atoms with Crippen LogP contribution < -0.4 is 10.0 Å². The van der Waals surface area contributed by atoms with E-state index in [-0.39, 0.29) is 18.8 Å². The predicted molar refractivity (Wildman–Crippen MR) is 72.5 cm³/mol. The van der Waals surface area contributed by atoms with Gasteiger partial charge in [0, 0.05) is 39.8 Å². The molecule has 0 aromatic carbocycles. The minimum absolute atomic E-state index is 0.236. The topological polar surface area (TPSA) is 70.7 Å². The summed E-state index contributed by atoms with van der Waals surface area (Å²) in [4.78, 5) is 1.25. The summed E-state index contributed by atoms with van der Waals surface area (Å²) in [5, 5.41) is 2.96. The Balaban J connectivity index is 2.65. The highest BCUT2D eigenvalue weighted by molar-refractivity contribution is 7.89. The van der Waals surface area contributed by atoms with E-state index >= 15 is 0 Å². The van der Waals surface area contributed by atoms with Crippen LogP contribution in [0.1, 0.15) is 6.92 Å². The van der Waals surface area contributed by atoms with Gasteiger partial charge in [-0.2, -0.15) is 13.2 Å². The highest BCUT2D eigenvalue weighted by atomic mass is 32.2. The van der Waals surface area contributed by atoms with Gasteiger partial charge >= 0.3 is 6.18 Å². The number of sulfonamides is 1. The lowest BCUT2D eigenvalue weighted by atomic mass is 10.2. The quantitative estimate of drug-likeness (QED) is 0.674. The molecule has 1 saturated heterocycles. The van der Waals surface area contributed by atoms with Crippen LogP contribution in [0.15, 0.2) is 0 Å². The molecule has 0 amide bonds. The molecule has 1 fully saturated rings. The minimum atomic E-state index is -4.48. The summed E-state index contributed by atoms with van der Waals surface area (Å²) in [7, 11) is -2.46. The van der Waals surface area contributed by atoms with Gasteiger partial charge in [0.2, 0.25) is 10.0 Å². The monoisotopic (exact) mass is 333 g/mol. The zero-order valence-electron chi connectivity index (χ0n) is 12.1. The molecule has 6 nitrogen and oxygen atoms in total. The van der Waals surface area contributed by atoms with Gasteiger partial charge in [-0.05, 0) is 6.92 Å². The van der Waals surface area contributed by atoms with Gasteiger partial charge in [-0.25, -0.2) is 13.1 Å². The van der Waals surface area contributed by atoms with Gasteiger partial charge in [0.15, 0.2) is 0 Å². The van der Waals surface area contributed by atoms with E-state index in [0.717, 1.165) is 0 Å². The summed E-state index contributed by atoms with van der Waals surface area (Å²) >= 11 is 0. The first-order valence-corrected chi connectivity index (χ1v) is 8.32. The van der Waals surface area contributed by atoms with Crippen LogP contribution >= 0.6 is 0 Å². The van der Waals surface area contributed by atoms with Gasteiger partial charge < -0.3 is 10.1 Å². The molecule has 0 aliphatic carbocycles. The fraction of sp³-hybridized carbons (Fsp3) is 1.00. The molecule has 2 N–H and O–H groups in total. The summed E-state index contributed by atoms with van der Waals surface area (Å²) in [5.74, 6) is -0.365. The van der Waals surface area contributed by atoms with Crippen molar-refractivity contribution in [3.63, 3.8) is 0 Å². The fourth-order valence-corrected chi connectivity index (χ4v) is 3.37. The van der Waals surface area contributed by atoms with Crippen LogP contribution in [0, 0.1) is 0 Å². The second kappa shape index (κ2) is 7.73. The van der Waals surface area contributed by atoms with Crippen molar-refractivity contribution in [2.75, 3.05) is 45.6 Å². The predicted octanol–water partition coefficient (Wildman–Crippen LogP) is -0.223. The maximum absolute atomic E-state index is 13.1. The Morgan fingerprint density at radius 2 is 1.90 bits per heavy atom. The Labute approximate surface area is 123 Å². The van der Waals surface area contributed by atoms with Crippen LogP contribution in [0.3, 0.4) is 0 Å². The van der Waals surface area contributed by atoms with Crippen molar-refractivity contribution in [3.05, 3.63) is 0 Å². The normalized spacial score (nSPS) is 21.2. The maximum atomic E-state index is 13.1. The fourth-order valence-electron chi connectivity index (χ4n) is 2.09. The smallest absolute Gasteiger partial charge is 0.381 e. The lowest BCUT2D eigenvalue weighted by Gasteiger charge is -2.35. The van der Waals surface area contributed by atoms with Crippen molar-refractivity contribution in [2.24, 2.45) is 0 Å². The molecule has 1 aliphatic heterocycles. The molecule has 0 radical (unpaired) electrons. The number of methoxy groups -OCH3 is 1. The number of rotatable bonds is 7. The lowest BCUT2D eigenvalue weighted by molar-refractivity contribution is -0.182. The second-order valence-electron chi connectivity index (χ2n) is 5.02. The van der Waals surface area contributed by atoms with E-state index in [1.165, 1.54) is 18.9 Å². The first kappa shape index (κ1) is 18.6. The summed E-state index contributed by atoms with van der Waals surface area (Å²) < 4.78 is 69.6. The molecule has 1 heterocycles. The SMILES string of the molecule is COC(C)CS(=O)(=O)NCC(N1CCNCC1)C(F)(F)F. The highest BCUT2D eigenvalue weighted by Gasteiger charge is 2.44. The van der Waals surface area contributed by atoms with Crippen LogP contribution in [0.4, 0.5) is 13.2 Å². The van der Waals surface area contributed by atoms with Crippen LogP contribution in [-0.4, -0.2) is 77.2 Å². The average molecular weight is 333 g/mol. The molecule has 0 aromatic rings. The number of piperazine rings is 1. The zero-order valence-corrected chi connectivity index (χ0v) is 12.9. The number of hydrogen-bond acceptors (Lipinski definition) is 5. The molecule has 21 heavy (non-hydrogen) atoms. The number of nitrogens with one attached hydrogen (secondary N) is 2. The van der Waals surface area contributed by atoms with E-state index in [1.54, 1.807) is 0 Å². The van der Waals surface area contributed by atoms with Crippen molar-refractivity contribution >= 4 is 10.0 Å². The van der Waals surface area contributed by atoms with E-state index in [0.29, 0.717) is 13.1 Å². The average Bonchev–Trinajstić information content (AvgIpc) is 2.37. The molecule has 0 aromatic heterocycles. The van der Waals surface area contributed by atoms with Crippen molar-refractivity contribution in [1.29, 1.82) is 0 Å². The van der Waals surface area contributed by atoms with E-state index in [4.69, 9.17) is 4.74 Å². The summed E-state index contributed by atoms with van der Waals surface area (Å²) in [5.41, 5.74) is 0. The Morgan fingerprint density at radius 1 is 1.33 bits per heavy atom. The largest absolute Gasteiger partial charge is 0.405 e. The molecule has 0 saturated carbocycles. The van der Waals surface area contributed by atoms with Crippen LogP contribution in [-0.2, 0) is 14.8 Å². The molecule has 0 spiro atoms. The number of ether oxygens (including phenoxy) is 1. The molecular weight excluding hydrogens is 311 g/mol. The van der Waals surface area contributed by atoms with Gasteiger partial charge in [0.1, 0.15) is 6.04 Å². The number of halogens is 3. The number of hydrogen-bond donors (Lipinski definition) is 2. The Bertz CT molecular complexity index is 411. The van der Waals surface area contributed by atoms with Gasteiger partial charge in [0.25, 0.3) is 0 Å². The minimum Gasteiger partial charge on any atom is -0.381 e. The second-order valence-corrected chi connectivity index (χ2v) is 6.87. The lowest BCUT2D eigenvalue weighted by Crippen LogP contribution is -2.57. The van der Waals surface area contributed by atoms with Gasteiger partial charge in [-0.3, -0.25) is 4.90 Å². The molecule has 0 bridgehead atoms. The van der Waals surface area contributed by atoms with E-state index < -0.39 is 34.9 Å². The van der Waals surface area contributed by atoms with Crippen LogP contribution in [0.2, 0.25) is 0 Å². The third kappa shape index (κ3) is 6.47. The van der Waals surface area contributed by atoms with Crippen molar-refractivity contribution in [2.45, 2.75) is 25.2 Å². The molecule has 126 valence electrons. The van der Waals surface area contributed by atoms with Crippen LogP contribution in [0.5, 0.6) is 0 Å². The Kier molecular flexibility index (Phi) is 6.85. The van der Waals surface area contributed by atoms with E-state index in [1.807, 2.05) is 4.72 Å². The Morgan fingerprint density at radius 3 is 2.38 bits per heavy atom. The highest BCUT2D eigenvalue weighted by Crippen LogP contribution is 2.24. The van der Waals surface area contributed by atoms with Crippen molar-refractivity contribution in [3.8, 4) is 0 Å². The first-order chi connectivity index (χ1) is 9.65. The summed E-state index contributed by atoms with van der Waals surface area (Å²) in [6.45, 7) is 2.25. The van der Waals surface area contributed by atoms with E-state index in [9.17, 15) is 21.6 Å². The van der Waals surface area contributed by atoms with E-state index in [2.05, 4.69) is 5.32 Å². The maximum Gasteiger partial charge on any atom is 0.405 e. The molecule has 2 unspecified atom stereocenters. The van der Waals surface area contributed by atoms with Gasteiger partial charge in [0.05, 0.1) is 11.9 Å². The number of alkyl halides is 3. The first-order valence-electron chi connectivity index (χ1n) is 6.67. The van der Waals surface area contributed by atoms with Crippen molar-refractivity contribution in [1.82, 2.24) is 14.9 Å². The third-order valence-corrected chi connectivity index (χ3v) is 4.84. The molecule has 2 atom stereocenters. The van der Waals surface area contributed by atoms with Gasteiger partial charge in [-0.1, -0.05) is 0 Å². The van der Waals surface area contributed by atoms with Crippen LogP contribution in [0.25, 0.3) is 0 Å². The standard InChI is InChI=1S/C11H22F3N3O3S/c1-9(20-2)8-21(18,19)16-7-10(11(12,13)14)17-5-3-15-4-6-17/h9-10,15-16H,3-8H2,1-2H3. The summed E-state index contributed by atoms with van der Waals surface area (Å²) in [6, 6.07) is -1.81. The summed E-state index contributed by atoms with van der Waals surface area (Å²) in [6.07, 6.45) is -5.06. The molecule has 1 rings (SSSR count). The zero-order chi connectivity index (χ0) is 16.1.